The number of benzene rings is 1. The van der Waals surface area contributed by atoms with Crippen LogP contribution in [0.5, 0.6) is 0 Å². The largest absolute Gasteiger partial charge is 0.465 e. The van der Waals surface area contributed by atoms with Gasteiger partial charge in [0.05, 0.1) is 17.6 Å². The predicted octanol–water partition coefficient (Wildman–Crippen LogP) is 4.10. The second-order valence-electron chi connectivity index (χ2n) is 5.65. The van der Waals surface area contributed by atoms with Gasteiger partial charge in [0.15, 0.2) is 0 Å². The third-order valence-electron chi connectivity index (χ3n) is 4.01. The second-order valence-corrected chi connectivity index (χ2v) is 6.64. The Kier molecular flexibility index (Phi) is 4.99. The molecule has 134 valence electrons. The van der Waals surface area contributed by atoms with E-state index in [-0.39, 0.29) is 11.1 Å². The number of likely N-dealkylation sites (N-methyl/N-ethyl adjacent to an activating group) is 1. The van der Waals surface area contributed by atoms with E-state index in [1.165, 1.54) is 12.0 Å². The van der Waals surface area contributed by atoms with E-state index in [9.17, 15) is 14.4 Å². The summed E-state index contributed by atoms with van der Waals surface area (Å²) in [6.07, 6.45) is 1.56. The second kappa shape index (κ2) is 7.21. The topological polar surface area (TPSA) is 76.8 Å². The molecule has 2 aromatic rings. The van der Waals surface area contributed by atoms with Crippen molar-refractivity contribution in [1.82, 2.24) is 4.90 Å². The van der Waals surface area contributed by atoms with E-state index in [2.05, 4.69) is 0 Å². The number of esters is 1. The molecule has 1 aliphatic rings. The number of imide groups is 1. The van der Waals surface area contributed by atoms with Crippen molar-refractivity contribution in [2.45, 2.75) is 13.8 Å². The minimum absolute atomic E-state index is 0.280. The molecule has 7 heteroatoms. The van der Waals surface area contributed by atoms with Gasteiger partial charge in [0.1, 0.15) is 11.5 Å². The van der Waals surface area contributed by atoms with Crippen LogP contribution in [0.3, 0.4) is 0 Å². The van der Waals surface area contributed by atoms with Gasteiger partial charge in [-0.3, -0.25) is 14.5 Å². The van der Waals surface area contributed by atoms with Crippen LogP contribution in [0, 0.1) is 6.92 Å². The molecule has 0 radical (unpaired) electrons. The van der Waals surface area contributed by atoms with Crippen LogP contribution in [0.4, 0.5) is 4.79 Å². The van der Waals surface area contributed by atoms with Crippen LogP contribution in [0.2, 0.25) is 0 Å². The van der Waals surface area contributed by atoms with Crippen LogP contribution in [0.25, 0.3) is 17.4 Å². The van der Waals surface area contributed by atoms with Gasteiger partial charge in [-0.05, 0) is 55.4 Å². The number of thioether (sulfide) groups is 1. The summed E-state index contributed by atoms with van der Waals surface area (Å²) in [6.45, 7) is 4.00. The van der Waals surface area contributed by atoms with Crippen LogP contribution in [-0.2, 0) is 9.53 Å². The molecule has 0 bridgehead atoms. The normalized spacial score (nSPS) is 15.8. The number of rotatable bonds is 4. The monoisotopic (exact) mass is 371 g/mol. The maximum Gasteiger partial charge on any atom is 0.337 e. The maximum absolute atomic E-state index is 12.2. The van der Waals surface area contributed by atoms with Gasteiger partial charge in [-0.2, -0.15) is 0 Å². The number of hydrogen-bond donors (Lipinski definition) is 0. The molecule has 1 saturated heterocycles. The minimum atomic E-state index is -0.425. The molecule has 0 aliphatic carbocycles. The quantitative estimate of drug-likeness (QED) is 0.595. The van der Waals surface area contributed by atoms with Crippen LogP contribution in [0.15, 0.2) is 39.7 Å². The van der Waals surface area contributed by atoms with E-state index in [4.69, 9.17) is 9.15 Å². The highest BCUT2D eigenvalue weighted by molar-refractivity contribution is 8.18. The zero-order valence-corrected chi connectivity index (χ0v) is 15.4. The van der Waals surface area contributed by atoms with Crippen LogP contribution in [0.1, 0.15) is 28.6 Å². The van der Waals surface area contributed by atoms with Gasteiger partial charge < -0.3 is 9.15 Å². The number of carbonyl (C=O) groups excluding carboxylic acids is 3. The molecule has 3 rings (SSSR count). The Labute approximate surface area is 154 Å². The van der Waals surface area contributed by atoms with Gasteiger partial charge in [-0.15, -0.1) is 0 Å². The zero-order valence-electron chi connectivity index (χ0n) is 14.6. The number of aryl methyl sites for hydroxylation is 1. The Morgan fingerprint density at radius 2 is 2.04 bits per heavy atom. The maximum atomic E-state index is 12.2. The molecule has 0 spiro atoms. The average Bonchev–Trinajstić information content (AvgIpc) is 3.19. The van der Waals surface area contributed by atoms with E-state index in [0.29, 0.717) is 28.5 Å². The van der Waals surface area contributed by atoms with Crippen molar-refractivity contribution in [2.24, 2.45) is 0 Å². The molecule has 0 N–H and O–H groups in total. The number of carbonyl (C=O) groups is 3. The lowest BCUT2D eigenvalue weighted by Crippen LogP contribution is -2.27. The van der Waals surface area contributed by atoms with Crippen molar-refractivity contribution in [3.8, 4) is 11.3 Å². The molecule has 6 nitrogen and oxygen atoms in total. The van der Waals surface area contributed by atoms with Gasteiger partial charge >= 0.3 is 5.97 Å². The molecule has 1 aliphatic heterocycles. The number of furan rings is 1. The summed E-state index contributed by atoms with van der Waals surface area (Å²) in [4.78, 5) is 37.2. The Hall–Kier alpha value is -2.80. The smallest absolute Gasteiger partial charge is 0.337 e. The molecule has 26 heavy (non-hydrogen) atoms. The van der Waals surface area contributed by atoms with Crippen molar-refractivity contribution in [3.63, 3.8) is 0 Å². The van der Waals surface area contributed by atoms with Crippen molar-refractivity contribution in [3.05, 3.63) is 52.1 Å². The van der Waals surface area contributed by atoms with Crippen LogP contribution in [-0.4, -0.2) is 35.7 Å². The first kappa shape index (κ1) is 18.0. The summed E-state index contributed by atoms with van der Waals surface area (Å²) in [6, 6.07) is 8.69. The Balaban J connectivity index is 1.92. The Morgan fingerprint density at radius 3 is 2.69 bits per heavy atom. The average molecular weight is 371 g/mol. The lowest BCUT2D eigenvalue weighted by molar-refractivity contribution is -0.122. The molecule has 0 unspecified atom stereocenters. The third kappa shape index (κ3) is 3.30. The van der Waals surface area contributed by atoms with Crippen molar-refractivity contribution >= 4 is 35.0 Å². The summed E-state index contributed by atoms with van der Waals surface area (Å²) in [5.74, 6) is 0.286. The SMILES string of the molecule is CCN1C(=O)SC(=Cc2ccc(-c3cc(C(=O)OC)ccc3C)o2)C1=O. The van der Waals surface area contributed by atoms with E-state index in [1.54, 1.807) is 37.3 Å². The summed E-state index contributed by atoms with van der Waals surface area (Å²) < 4.78 is 10.6. The molecule has 1 aromatic heterocycles. The first-order valence-corrected chi connectivity index (χ1v) is 8.80. The van der Waals surface area contributed by atoms with Gasteiger partial charge in [0.2, 0.25) is 0 Å². The number of amides is 2. The van der Waals surface area contributed by atoms with Gasteiger partial charge in [0, 0.05) is 18.2 Å². The van der Waals surface area contributed by atoms with E-state index < -0.39 is 5.97 Å². The van der Waals surface area contributed by atoms with E-state index >= 15 is 0 Å². The lowest BCUT2D eigenvalue weighted by Gasteiger charge is -2.06. The van der Waals surface area contributed by atoms with Gasteiger partial charge in [-0.1, -0.05) is 6.07 Å². The highest BCUT2D eigenvalue weighted by atomic mass is 32.2. The van der Waals surface area contributed by atoms with Crippen molar-refractivity contribution < 1.29 is 23.5 Å². The van der Waals surface area contributed by atoms with Crippen LogP contribution >= 0.6 is 11.8 Å². The molecule has 2 heterocycles. The van der Waals surface area contributed by atoms with E-state index in [0.717, 1.165) is 22.9 Å². The molecular weight excluding hydrogens is 354 g/mol. The molecule has 0 saturated carbocycles. The fourth-order valence-electron chi connectivity index (χ4n) is 2.61. The number of nitrogens with zero attached hydrogens (tertiary/aromatic N) is 1. The summed E-state index contributed by atoms with van der Waals surface area (Å²) >= 11 is 0.896. The number of ether oxygens (including phenoxy) is 1. The number of methoxy groups -OCH3 is 1. The van der Waals surface area contributed by atoms with Crippen molar-refractivity contribution in [1.29, 1.82) is 0 Å². The standard InChI is InChI=1S/C19H17NO5S/c1-4-20-17(21)16(26-19(20)23)10-13-7-8-15(25-13)14-9-12(18(22)24-3)6-5-11(14)2/h5-10H,4H2,1-3H3. The molecule has 0 atom stereocenters. The zero-order chi connectivity index (χ0) is 18.8. The summed E-state index contributed by atoms with van der Waals surface area (Å²) in [5.41, 5.74) is 2.12. The lowest BCUT2D eigenvalue weighted by atomic mass is 10.0. The highest BCUT2D eigenvalue weighted by Gasteiger charge is 2.33. The van der Waals surface area contributed by atoms with Crippen LogP contribution < -0.4 is 0 Å². The van der Waals surface area contributed by atoms with Gasteiger partial charge in [-0.25, -0.2) is 4.79 Å². The number of hydrogen-bond acceptors (Lipinski definition) is 6. The molecule has 1 aromatic carbocycles. The Morgan fingerprint density at radius 1 is 1.27 bits per heavy atom. The summed E-state index contributed by atoms with van der Waals surface area (Å²) in [5, 5.41) is -0.280. The molecular formula is C19H17NO5S. The molecule has 1 fully saturated rings. The first-order valence-electron chi connectivity index (χ1n) is 7.99. The third-order valence-corrected chi connectivity index (χ3v) is 4.92. The predicted molar refractivity (Wildman–Crippen MR) is 98.6 cm³/mol. The fraction of sp³-hybridized carbons (Fsp3) is 0.211. The molecule has 2 amide bonds. The summed E-state index contributed by atoms with van der Waals surface area (Å²) in [7, 11) is 1.33. The Bertz CT molecular complexity index is 928. The minimum Gasteiger partial charge on any atom is -0.465 e. The van der Waals surface area contributed by atoms with E-state index in [1.807, 2.05) is 13.0 Å². The fourth-order valence-corrected chi connectivity index (χ4v) is 3.49. The highest BCUT2D eigenvalue weighted by Crippen LogP contribution is 2.33. The van der Waals surface area contributed by atoms with Crippen molar-refractivity contribution in [2.75, 3.05) is 13.7 Å². The van der Waals surface area contributed by atoms with Gasteiger partial charge in [0.25, 0.3) is 11.1 Å². The first-order chi connectivity index (χ1) is 12.4.